The van der Waals surface area contributed by atoms with E-state index in [0.29, 0.717) is 0 Å². The van der Waals surface area contributed by atoms with Gasteiger partial charge in [0.05, 0.1) is 0 Å². The fraction of sp³-hybridized carbons (Fsp3) is 0.800. The summed E-state index contributed by atoms with van der Waals surface area (Å²) in [5, 5.41) is 12.2. The molecule has 1 aromatic rings. The third-order valence-corrected chi connectivity index (χ3v) is 0.270. The van der Waals surface area contributed by atoms with Crippen LogP contribution in [0.3, 0.4) is 0 Å². The minimum Gasteiger partial charge on any atom is -0.177 e. The van der Waals surface area contributed by atoms with Gasteiger partial charge in [-0.2, -0.15) is 5.21 Å². The number of H-pyrrole nitrogens is 1. The van der Waals surface area contributed by atoms with Gasteiger partial charge in [-0.05, 0) is 5.92 Å². The summed E-state index contributed by atoms with van der Waals surface area (Å²) in [6.07, 6.45) is 1.33. The van der Waals surface area contributed by atoms with E-state index in [0.717, 1.165) is 5.92 Å². The number of hydrogen-bond acceptors (Lipinski definition) is 3. The molecule has 0 bridgehead atoms. The minimum absolute atomic E-state index is 0.833. The molecule has 1 heterocycles. The van der Waals surface area contributed by atoms with Crippen LogP contribution in [0.2, 0.25) is 0 Å². The fourth-order valence-electron chi connectivity index (χ4n) is 0.129. The second-order valence-corrected chi connectivity index (χ2v) is 2.29. The molecule has 0 amide bonds. The zero-order chi connectivity index (χ0) is 7.11. The Morgan fingerprint density at radius 2 is 1.89 bits per heavy atom. The third kappa shape index (κ3) is 11.0. The van der Waals surface area contributed by atoms with Crippen LogP contribution >= 0.6 is 0 Å². The van der Waals surface area contributed by atoms with E-state index in [1.807, 2.05) is 0 Å². The van der Waals surface area contributed by atoms with Gasteiger partial charge in [-0.1, -0.05) is 26.0 Å². The van der Waals surface area contributed by atoms with Crippen LogP contribution in [0.1, 0.15) is 20.8 Å². The highest BCUT2D eigenvalue weighted by atomic mass is 15.5. The summed E-state index contributed by atoms with van der Waals surface area (Å²) in [5.74, 6) is 0.833. The van der Waals surface area contributed by atoms with Gasteiger partial charge in [-0.25, -0.2) is 0 Å². The number of hydrogen-bond donors (Lipinski definition) is 1. The van der Waals surface area contributed by atoms with E-state index in [2.05, 4.69) is 41.4 Å². The molecule has 0 radical (unpaired) electrons. The molecular weight excluding hydrogens is 116 g/mol. The summed E-state index contributed by atoms with van der Waals surface area (Å²) < 4.78 is 0. The van der Waals surface area contributed by atoms with Crippen molar-refractivity contribution in [1.29, 1.82) is 0 Å². The van der Waals surface area contributed by atoms with E-state index >= 15 is 0 Å². The molecular formula is C5H12N4. The molecule has 0 aliphatic carbocycles. The van der Waals surface area contributed by atoms with E-state index in [1.165, 1.54) is 6.33 Å². The molecule has 1 N–H and O–H groups in total. The van der Waals surface area contributed by atoms with Crippen LogP contribution in [0.4, 0.5) is 0 Å². The average Bonchev–Trinajstić information content (AvgIpc) is 2.11. The van der Waals surface area contributed by atoms with Crippen molar-refractivity contribution in [2.24, 2.45) is 5.92 Å². The van der Waals surface area contributed by atoms with E-state index in [4.69, 9.17) is 0 Å². The van der Waals surface area contributed by atoms with E-state index < -0.39 is 0 Å². The van der Waals surface area contributed by atoms with Crippen molar-refractivity contribution in [3.05, 3.63) is 6.33 Å². The number of aromatic nitrogens is 4. The summed E-state index contributed by atoms with van der Waals surface area (Å²) in [4.78, 5) is 0. The molecule has 0 aliphatic rings. The normalized spacial score (nSPS) is 8.44. The van der Waals surface area contributed by atoms with E-state index in [1.54, 1.807) is 0 Å². The average molecular weight is 128 g/mol. The van der Waals surface area contributed by atoms with Crippen molar-refractivity contribution in [2.45, 2.75) is 20.8 Å². The standard InChI is InChI=1S/C4H10.CH2N4/c1-4(2)3;1-2-4-5-3-1/h4H,1-3H3;1H,(H,2,3,4,5). The van der Waals surface area contributed by atoms with Crippen LogP contribution in [0, 0.1) is 5.92 Å². The van der Waals surface area contributed by atoms with Crippen molar-refractivity contribution in [3.8, 4) is 0 Å². The van der Waals surface area contributed by atoms with Gasteiger partial charge in [-0.3, -0.25) is 0 Å². The van der Waals surface area contributed by atoms with Crippen molar-refractivity contribution in [2.75, 3.05) is 0 Å². The first-order valence-electron chi connectivity index (χ1n) is 2.90. The SMILES string of the molecule is CC(C)C.c1nn[nH]n1. The van der Waals surface area contributed by atoms with Gasteiger partial charge in [0.15, 0.2) is 6.33 Å². The Labute approximate surface area is 54.7 Å². The minimum atomic E-state index is 0.833. The number of nitrogens with one attached hydrogen (secondary N) is 1. The lowest BCUT2D eigenvalue weighted by Crippen LogP contribution is -1.66. The topological polar surface area (TPSA) is 54.5 Å². The number of aromatic amines is 1. The fourth-order valence-corrected chi connectivity index (χ4v) is 0.129. The highest BCUT2D eigenvalue weighted by Gasteiger charge is 1.68. The first kappa shape index (κ1) is 8.07. The molecule has 0 fully saturated rings. The number of nitrogens with zero attached hydrogens (tertiary/aromatic N) is 3. The summed E-state index contributed by atoms with van der Waals surface area (Å²) in [5.41, 5.74) is 0. The van der Waals surface area contributed by atoms with Gasteiger partial charge in [0.25, 0.3) is 0 Å². The summed E-state index contributed by atoms with van der Waals surface area (Å²) in [6.45, 7) is 6.50. The van der Waals surface area contributed by atoms with E-state index in [9.17, 15) is 0 Å². The number of tetrazole rings is 1. The van der Waals surface area contributed by atoms with Gasteiger partial charge in [-0.15, -0.1) is 10.2 Å². The van der Waals surface area contributed by atoms with Gasteiger partial charge in [0, 0.05) is 0 Å². The van der Waals surface area contributed by atoms with Gasteiger partial charge < -0.3 is 0 Å². The molecule has 0 aliphatic heterocycles. The molecule has 0 saturated heterocycles. The molecule has 1 aromatic heterocycles. The van der Waals surface area contributed by atoms with Crippen LogP contribution in [0.5, 0.6) is 0 Å². The Kier molecular flexibility index (Phi) is 4.67. The lowest BCUT2D eigenvalue weighted by molar-refractivity contribution is 0.737. The Balaban J connectivity index is 0.000000148. The molecule has 52 valence electrons. The lowest BCUT2D eigenvalue weighted by atomic mass is 10.3. The van der Waals surface area contributed by atoms with Crippen molar-refractivity contribution >= 4 is 0 Å². The highest BCUT2D eigenvalue weighted by Crippen LogP contribution is 1.81. The smallest absolute Gasteiger partial charge is 0.161 e. The Hall–Kier alpha value is -0.930. The summed E-state index contributed by atoms with van der Waals surface area (Å²) >= 11 is 0. The van der Waals surface area contributed by atoms with Gasteiger partial charge >= 0.3 is 0 Å². The monoisotopic (exact) mass is 128 g/mol. The molecule has 4 heteroatoms. The summed E-state index contributed by atoms with van der Waals surface area (Å²) in [7, 11) is 0. The predicted molar refractivity (Wildman–Crippen MR) is 34.7 cm³/mol. The van der Waals surface area contributed by atoms with Gasteiger partial charge in [0.2, 0.25) is 0 Å². The summed E-state index contributed by atoms with van der Waals surface area (Å²) in [6, 6.07) is 0. The second kappa shape index (κ2) is 5.21. The Bertz CT molecular complexity index is 92.5. The Morgan fingerprint density at radius 3 is 2.00 bits per heavy atom. The molecule has 0 saturated carbocycles. The largest absolute Gasteiger partial charge is 0.177 e. The molecule has 1 rings (SSSR count). The van der Waals surface area contributed by atoms with Gasteiger partial charge in [0.1, 0.15) is 0 Å². The zero-order valence-corrected chi connectivity index (χ0v) is 6.00. The lowest BCUT2D eigenvalue weighted by Gasteiger charge is -1.79. The zero-order valence-electron chi connectivity index (χ0n) is 6.00. The van der Waals surface area contributed by atoms with Crippen LogP contribution in [0.25, 0.3) is 0 Å². The quantitative estimate of drug-likeness (QED) is 0.563. The maximum Gasteiger partial charge on any atom is 0.161 e. The maximum atomic E-state index is 3.38. The third-order valence-electron chi connectivity index (χ3n) is 0.270. The van der Waals surface area contributed by atoms with Crippen LogP contribution in [0.15, 0.2) is 6.33 Å². The molecule has 0 aromatic carbocycles. The second-order valence-electron chi connectivity index (χ2n) is 2.29. The molecule has 0 unspecified atom stereocenters. The number of rotatable bonds is 0. The van der Waals surface area contributed by atoms with Crippen molar-refractivity contribution < 1.29 is 0 Å². The molecule has 9 heavy (non-hydrogen) atoms. The predicted octanol–water partition coefficient (Wildman–Crippen LogP) is 0.862. The molecule has 4 nitrogen and oxygen atoms in total. The van der Waals surface area contributed by atoms with Crippen LogP contribution in [-0.4, -0.2) is 20.6 Å². The first-order valence-corrected chi connectivity index (χ1v) is 2.90. The van der Waals surface area contributed by atoms with Crippen LogP contribution in [-0.2, 0) is 0 Å². The molecule has 0 spiro atoms. The van der Waals surface area contributed by atoms with Crippen molar-refractivity contribution in [1.82, 2.24) is 20.6 Å². The first-order chi connectivity index (χ1) is 4.23. The molecule has 0 atom stereocenters. The van der Waals surface area contributed by atoms with Crippen molar-refractivity contribution in [3.63, 3.8) is 0 Å². The maximum absolute atomic E-state index is 3.38. The van der Waals surface area contributed by atoms with Crippen LogP contribution < -0.4 is 0 Å². The highest BCUT2D eigenvalue weighted by molar-refractivity contribution is 4.24. The van der Waals surface area contributed by atoms with E-state index in [-0.39, 0.29) is 0 Å². The Morgan fingerprint density at radius 1 is 1.33 bits per heavy atom.